The number of aliphatic imine (C=N–C) groups is 2. The van der Waals surface area contributed by atoms with Crippen molar-refractivity contribution >= 4 is 34.8 Å². The van der Waals surface area contributed by atoms with Crippen LogP contribution in [0, 0.1) is 11.3 Å². The summed E-state index contributed by atoms with van der Waals surface area (Å²) < 4.78 is 71.2. The van der Waals surface area contributed by atoms with Crippen LogP contribution in [0.1, 0.15) is 65.0 Å². The summed E-state index contributed by atoms with van der Waals surface area (Å²) in [5, 5.41) is 0. The molecule has 2 aliphatic rings. The predicted molar refractivity (Wildman–Crippen MR) is 162 cm³/mol. The molecule has 1 N–H and O–H groups in total. The topological polar surface area (TPSA) is 77.4 Å². The zero-order valence-corrected chi connectivity index (χ0v) is 25.9. The largest absolute Gasteiger partial charge is 0.413 e. The van der Waals surface area contributed by atoms with E-state index < -0.39 is 35.1 Å². The molecule has 3 atom stereocenters. The van der Waals surface area contributed by atoms with Crippen LogP contribution in [0.2, 0.25) is 0 Å². The first kappa shape index (κ1) is 33.6. The van der Waals surface area contributed by atoms with Gasteiger partial charge in [0.05, 0.1) is 22.9 Å². The van der Waals surface area contributed by atoms with Gasteiger partial charge >= 0.3 is 6.18 Å². The second-order valence-electron chi connectivity index (χ2n) is 11.5. The highest BCUT2D eigenvalue weighted by atomic mass is 32.2. The van der Waals surface area contributed by atoms with Crippen LogP contribution < -0.4 is 9.62 Å². The third kappa shape index (κ3) is 8.59. The monoisotopic (exact) mass is 611 g/mol. The summed E-state index contributed by atoms with van der Waals surface area (Å²) in [6, 6.07) is 3.99. The van der Waals surface area contributed by atoms with Gasteiger partial charge in [-0.2, -0.15) is 17.6 Å². The van der Waals surface area contributed by atoms with Crippen molar-refractivity contribution in [3.05, 3.63) is 52.9 Å². The number of nitrogens with one attached hydrogen (secondary N) is 1. The molecular weight excluding hydrogens is 570 g/mol. The number of benzene rings is 1. The number of nitrogens with zero attached hydrogens (tertiary/aromatic N) is 4. The van der Waals surface area contributed by atoms with E-state index in [1.165, 1.54) is 32.3 Å². The van der Waals surface area contributed by atoms with Crippen LogP contribution >= 0.6 is 0 Å². The molecule has 2 aliphatic heterocycles. The zero-order valence-electron chi connectivity index (χ0n) is 25.1. The maximum absolute atomic E-state index is 14.3. The van der Waals surface area contributed by atoms with Crippen molar-refractivity contribution in [2.75, 3.05) is 37.8 Å². The fourth-order valence-corrected chi connectivity index (χ4v) is 6.23. The molecular formula is C30H41F4N5O2S. The molecule has 1 fully saturated rings. The SMILES string of the molecule is CN=C(F)/C=C(\C)N=CC1=C(C)C(C)(C)CCN1c1ccc([C@H](N(C)C(=O)C[C@@H]2CCNS(=O)CC2)C(F)(F)F)cc1. The molecule has 0 saturated carbocycles. The Balaban J connectivity index is 1.87. The molecule has 1 aromatic carbocycles. The lowest BCUT2D eigenvalue weighted by atomic mass is 9.78. The van der Waals surface area contributed by atoms with Gasteiger partial charge in [0.25, 0.3) is 0 Å². The van der Waals surface area contributed by atoms with Crippen molar-refractivity contribution in [3.63, 3.8) is 0 Å². The van der Waals surface area contributed by atoms with Gasteiger partial charge in [-0.25, -0.2) is 8.93 Å². The predicted octanol–water partition coefficient (Wildman–Crippen LogP) is 6.28. The number of anilines is 1. The molecule has 0 spiro atoms. The summed E-state index contributed by atoms with van der Waals surface area (Å²) in [4.78, 5) is 23.7. The van der Waals surface area contributed by atoms with Crippen molar-refractivity contribution in [2.24, 2.45) is 21.3 Å². The number of amides is 1. The summed E-state index contributed by atoms with van der Waals surface area (Å²) in [7, 11) is 1.37. The molecule has 42 heavy (non-hydrogen) atoms. The minimum absolute atomic E-state index is 0.0295. The van der Waals surface area contributed by atoms with Gasteiger partial charge in [0.2, 0.25) is 11.9 Å². The number of rotatable bonds is 8. The van der Waals surface area contributed by atoms with Gasteiger partial charge in [-0.3, -0.25) is 14.8 Å². The van der Waals surface area contributed by atoms with E-state index in [4.69, 9.17) is 0 Å². The highest BCUT2D eigenvalue weighted by Gasteiger charge is 2.45. The Bertz CT molecular complexity index is 1270. The van der Waals surface area contributed by atoms with Crippen molar-refractivity contribution in [1.82, 2.24) is 9.62 Å². The molecule has 1 saturated heterocycles. The molecule has 0 bridgehead atoms. The third-order valence-corrected chi connectivity index (χ3v) is 9.32. The van der Waals surface area contributed by atoms with Gasteiger partial charge in [0.15, 0.2) is 6.04 Å². The minimum Gasteiger partial charge on any atom is -0.340 e. The lowest BCUT2D eigenvalue weighted by molar-refractivity contribution is -0.189. The third-order valence-electron chi connectivity index (χ3n) is 8.18. The molecule has 3 rings (SSSR count). The number of allylic oxidation sites excluding steroid dienone is 4. The Labute approximate surface area is 248 Å². The van der Waals surface area contributed by atoms with Gasteiger partial charge in [0, 0.05) is 56.8 Å². The van der Waals surface area contributed by atoms with E-state index >= 15 is 0 Å². The highest BCUT2D eigenvalue weighted by Crippen LogP contribution is 2.41. The number of hydrogen-bond donors (Lipinski definition) is 1. The summed E-state index contributed by atoms with van der Waals surface area (Å²) in [6.07, 6.45) is 0.0901. The molecule has 1 unspecified atom stereocenters. The Kier molecular flexibility index (Phi) is 11.3. The number of carbonyl (C=O) groups is 1. The van der Waals surface area contributed by atoms with Crippen LogP contribution in [0.3, 0.4) is 0 Å². The Morgan fingerprint density at radius 1 is 1.26 bits per heavy atom. The second-order valence-corrected chi connectivity index (χ2v) is 12.9. The quantitative estimate of drug-likeness (QED) is 0.278. The first-order valence-corrected chi connectivity index (χ1v) is 15.3. The van der Waals surface area contributed by atoms with Gasteiger partial charge in [0.1, 0.15) is 0 Å². The Morgan fingerprint density at radius 2 is 1.93 bits per heavy atom. The molecule has 12 heteroatoms. The van der Waals surface area contributed by atoms with Crippen molar-refractivity contribution in [3.8, 4) is 0 Å². The number of halogens is 4. The van der Waals surface area contributed by atoms with Crippen LogP contribution in [-0.2, 0) is 15.8 Å². The van der Waals surface area contributed by atoms with Gasteiger partial charge in [-0.15, -0.1) is 0 Å². The van der Waals surface area contributed by atoms with E-state index in [0.29, 0.717) is 43.1 Å². The lowest BCUT2D eigenvalue weighted by Gasteiger charge is -2.40. The van der Waals surface area contributed by atoms with Crippen molar-refractivity contribution in [1.29, 1.82) is 0 Å². The van der Waals surface area contributed by atoms with E-state index in [-0.39, 0.29) is 23.3 Å². The molecule has 0 aliphatic carbocycles. The molecule has 1 amide bonds. The Morgan fingerprint density at radius 3 is 2.55 bits per heavy atom. The normalized spacial score (nSPS) is 23.2. The van der Waals surface area contributed by atoms with Crippen LogP contribution in [0.5, 0.6) is 0 Å². The molecule has 2 heterocycles. The zero-order chi connectivity index (χ0) is 31.2. The summed E-state index contributed by atoms with van der Waals surface area (Å²) >= 11 is 0. The van der Waals surface area contributed by atoms with Crippen LogP contribution in [0.15, 0.2) is 57.3 Å². The number of hydrogen-bond acceptors (Lipinski definition) is 5. The van der Waals surface area contributed by atoms with E-state index in [1.54, 1.807) is 25.3 Å². The highest BCUT2D eigenvalue weighted by molar-refractivity contribution is 7.83. The number of carbonyl (C=O) groups excluding carboxylic acids is 1. The molecule has 0 aromatic heterocycles. The maximum Gasteiger partial charge on any atom is 0.413 e. The summed E-state index contributed by atoms with van der Waals surface area (Å²) in [5.74, 6) is -0.989. The van der Waals surface area contributed by atoms with Crippen molar-refractivity contribution < 1.29 is 26.6 Å². The van der Waals surface area contributed by atoms with Crippen LogP contribution in [-0.4, -0.2) is 66.3 Å². The van der Waals surface area contributed by atoms with E-state index in [1.807, 2.05) is 11.8 Å². The van der Waals surface area contributed by atoms with Crippen LogP contribution in [0.25, 0.3) is 0 Å². The van der Waals surface area contributed by atoms with Crippen molar-refractivity contribution in [2.45, 2.75) is 65.6 Å². The molecule has 1 aromatic rings. The fraction of sp³-hybridized carbons (Fsp3) is 0.567. The smallest absolute Gasteiger partial charge is 0.340 e. The van der Waals surface area contributed by atoms with E-state index in [0.717, 1.165) is 22.6 Å². The Hall–Kier alpha value is -2.86. The first-order chi connectivity index (χ1) is 19.6. The van der Waals surface area contributed by atoms with E-state index in [9.17, 15) is 26.6 Å². The minimum atomic E-state index is -4.68. The van der Waals surface area contributed by atoms with Gasteiger partial charge < -0.3 is 9.80 Å². The second kappa shape index (κ2) is 14.1. The van der Waals surface area contributed by atoms with Crippen LogP contribution in [0.4, 0.5) is 23.2 Å². The average molecular weight is 612 g/mol. The molecule has 232 valence electrons. The summed E-state index contributed by atoms with van der Waals surface area (Å²) in [5.41, 5.74) is 2.79. The van der Waals surface area contributed by atoms with Gasteiger partial charge in [-0.05, 0) is 67.7 Å². The number of alkyl halides is 3. The maximum atomic E-state index is 14.3. The molecule has 7 nitrogen and oxygen atoms in total. The standard InChI is InChI=1S/C30H41F4N5O2S/c1-20(17-26(31)35-5)36-19-25-21(2)29(3,4)13-15-39(25)24-9-7-23(8-10-24)28(30(32,33)34)38(6)27(40)18-22-11-14-37-42(41)16-12-22/h7-10,17,19,22,28,37H,11-16,18H2,1-6H3/b20-17+,35-26?,36-19?/t22-,28+,42?/m1/s1. The van der Waals surface area contributed by atoms with Gasteiger partial charge in [-0.1, -0.05) is 26.0 Å². The van der Waals surface area contributed by atoms with E-state index in [2.05, 4.69) is 28.6 Å². The average Bonchev–Trinajstić information content (AvgIpc) is 3.12. The fourth-order valence-electron chi connectivity index (χ4n) is 5.20. The summed E-state index contributed by atoms with van der Waals surface area (Å²) in [6.45, 7) is 8.97. The first-order valence-electron chi connectivity index (χ1n) is 14.0. The lowest BCUT2D eigenvalue weighted by Crippen LogP contribution is -2.40. The molecule has 0 radical (unpaired) electrons.